The van der Waals surface area contributed by atoms with Gasteiger partial charge in [0.1, 0.15) is 6.04 Å². The van der Waals surface area contributed by atoms with Gasteiger partial charge in [0.2, 0.25) is 11.9 Å². The van der Waals surface area contributed by atoms with Crippen LogP contribution in [-0.4, -0.2) is 16.9 Å². The quantitative estimate of drug-likeness (QED) is 0.623. The van der Waals surface area contributed by atoms with Crippen LogP contribution in [0.25, 0.3) is 0 Å². The van der Waals surface area contributed by atoms with Crippen molar-refractivity contribution >= 4 is 5.91 Å². The molecule has 0 aliphatic carbocycles. The van der Waals surface area contributed by atoms with Gasteiger partial charge in [-0.3, -0.25) is 14.9 Å². The second-order valence-corrected chi connectivity index (χ2v) is 4.41. The average Bonchev–Trinajstić information content (AvgIpc) is 2.28. The van der Waals surface area contributed by atoms with Gasteiger partial charge in [0.05, 0.1) is 0 Å². The first-order valence-electron chi connectivity index (χ1n) is 5.57. The van der Waals surface area contributed by atoms with Crippen LogP contribution in [0.3, 0.4) is 0 Å². The van der Waals surface area contributed by atoms with E-state index in [0.29, 0.717) is 0 Å². The molecule has 5 nitrogen and oxygen atoms in total. The number of piperidine rings is 1. The van der Waals surface area contributed by atoms with Gasteiger partial charge in [-0.25, -0.2) is 0 Å². The van der Waals surface area contributed by atoms with E-state index in [2.05, 4.69) is 5.32 Å². The van der Waals surface area contributed by atoms with E-state index in [0.717, 1.165) is 5.56 Å². The molecule has 1 heterocycles. The Balaban J connectivity index is 2.34. The summed E-state index contributed by atoms with van der Waals surface area (Å²) in [5.74, 6) is -0.367. The molecule has 2 rings (SSSR count). The number of hydrogen-bond donors (Lipinski definition) is 1. The second kappa shape index (κ2) is 4.53. The van der Waals surface area contributed by atoms with Gasteiger partial charge in [-0.05, 0) is 5.56 Å². The van der Waals surface area contributed by atoms with Crippen LogP contribution in [0.15, 0.2) is 30.3 Å². The third-order valence-corrected chi connectivity index (χ3v) is 3.15. The minimum absolute atomic E-state index is 0.121. The van der Waals surface area contributed by atoms with E-state index < -0.39 is 12.1 Å². The Labute approximate surface area is 99.0 Å². The van der Waals surface area contributed by atoms with Crippen LogP contribution in [-0.2, 0) is 4.79 Å². The number of nitrogens with zero attached hydrogens (tertiary/aromatic N) is 1. The van der Waals surface area contributed by atoms with Gasteiger partial charge >= 0.3 is 0 Å². The third-order valence-electron chi connectivity index (χ3n) is 3.15. The number of amides is 1. The third kappa shape index (κ3) is 2.27. The molecule has 1 fully saturated rings. The van der Waals surface area contributed by atoms with Gasteiger partial charge < -0.3 is 5.32 Å². The lowest BCUT2D eigenvalue weighted by Crippen LogP contribution is -2.49. The standard InChI is InChI=1S/C12H14N2O3/c1-8-7-10(15)13-11(12(8)14(16)17)9-5-3-2-4-6-9/h2-6,8,11-12H,7H2,1H3,(H,13,15)/t8-,11+,12+/m1/s1. The summed E-state index contributed by atoms with van der Waals surface area (Å²) in [4.78, 5) is 22.3. The van der Waals surface area contributed by atoms with E-state index in [1.54, 1.807) is 19.1 Å². The first-order chi connectivity index (χ1) is 8.09. The van der Waals surface area contributed by atoms with Crippen molar-refractivity contribution in [3.05, 3.63) is 46.0 Å². The van der Waals surface area contributed by atoms with Gasteiger partial charge in [0.15, 0.2) is 0 Å². The number of nitro groups is 1. The fraction of sp³-hybridized carbons (Fsp3) is 0.417. The van der Waals surface area contributed by atoms with E-state index in [1.807, 2.05) is 18.2 Å². The van der Waals surface area contributed by atoms with Gasteiger partial charge in [0.25, 0.3) is 0 Å². The molecular weight excluding hydrogens is 220 g/mol. The molecule has 0 unspecified atom stereocenters. The molecule has 5 heteroatoms. The summed E-state index contributed by atoms with van der Waals surface area (Å²) in [5.41, 5.74) is 0.786. The maximum Gasteiger partial charge on any atom is 0.240 e. The maximum atomic E-state index is 11.5. The van der Waals surface area contributed by atoms with Crippen LogP contribution in [0.2, 0.25) is 0 Å². The van der Waals surface area contributed by atoms with E-state index in [-0.39, 0.29) is 23.2 Å². The minimum Gasteiger partial charge on any atom is -0.343 e. The average molecular weight is 234 g/mol. The highest BCUT2D eigenvalue weighted by Gasteiger charge is 2.43. The van der Waals surface area contributed by atoms with Gasteiger partial charge in [-0.15, -0.1) is 0 Å². The smallest absolute Gasteiger partial charge is 0.240 e. The highest BCUT2D eigenvalue weighted by molar-refractivity contribution is 5.77. The van der Waals surface area contributed by atoms with Crippen LogP contribution in [0.4, 0.5) is 0 Å². The summed E-state index contributed by atoms with van der Waals surface area (Å²) in [6.07, 6.45) is 0.217. The van der Waals surface area contributed by atoms with E-state index in [1.165, 1.54) is 0 Å². The Bertz CT molecular complexity index is 433. The molecule has 0 spiro atoms. The Morgan fingerprint density at radius 1 is 1.35 bits per heavy atom. The molecule has 3 atom stereocenters. The van der Waals surface area contributed by atoms with Crippen LogP contribution in [0.5, 0.6) is 0 Å². The Kier molecular flexibility index (Phi) is 3.08. The molecule has 90 valence electrons. The monoisotopic (exact) mass is 234 g/mol. The topological polar surface area (TPSA) is 72.2 Å². The molecule has 1 aromatic carbocycles. The predicted molar refractivity (Wildman–Crippen MR) is 61.9 cm³/mol. The lowest BCUT2D eigenvalue weighted by atomic mass is 9.85. The first-order valence-corrected chi connectivity index (χ1v) is 5.57. The SMILES string of the molecule is C[C@@H]1CC(=O)N[C@@H](c2ccccc2)[C@H]1[N+](=O)[O-]. The number of hydrogen-bond acceptors (Lipinski definition) is 3. The Morgan fingerprint density at radius 2 is 2.00 bits per heavy atom. The van der Waals surface area contributed by atoms with E-state index in [4.69, 9.17) is 0 Å². The van der Waals surface area contributed by atoms with Gasteiger partial charge in [-0.1, -0.05) is 37.3 Å². The predicted octanol–water partition coefficient (Wildman–Crippen LogP) is 1.53. The highest BCUT2D eigenvalue weighted by atomic mass is 16.6. The lowest BCUT2D eigenvalue weighted by Gasteiger charge is -2.31. The van der Waals surface area contributed by atoms with Crippen molar-refractivity contribution in [3.63, 3.8) is 0 Å². The first kappa shape index (κ1) is 11.6. The molecule has 1 amide bonds. The second-order valence-electron chi connectivity index (χ2n) is 4.41. The minimum atomic E-state index is -0.755. The number of benzene rings is 1. The summed E-state index contributed by atoms with van der Waals surface area (Å²) in [5, 5.41) is 13.8. The molecule has 17 heavy (non-hydrogen) atoms. The normalized spacial score (nSPS) is 28.5. The lowest BCUT2D eigenvalue weighted by molar-refractivity contribution is -0.538. The molecule has 0 radical (unpaired) electrons. The molecular formula is C12H14N2O3. The fourth-order valence-corrected chi connectivity index (χ4v) is 2.33. The van der Waals surface area contributed by atoms with Crippen molar-refractivity contribution in [1.82, 2.24) is 5.32 Å². The van der Waals surface area contributed by atoms with Crippen molar-refractivity contribution in [3.8, 4) is 0 Å². The highest BCUT2D eigenvalue weighted by Crippen LogP contribution is 2.29. The largest absolute Gasteiger partial charge is 0.343 e. The summed E-state index contributed by atoms with van der Waals surface area (Å²) in [7, 11) is 0. The summed E-state index contributed by atoms with van der Waals surface area (Å²) >= 11 is 0. The molecule has 1 N–H and O–H groups in total. The molecule has 0 bridgehead atoms. The zero-order valence-corrected chi connectivity index (χ0v) is 9.50. The Morgan fingerprint density at radius 3 is 2.59 bits per heavy atom. The number of rotatable bonds is 2. The summed E-state index contributed by atoms with van der Waals surface area (Å²) in [6.45, 7) is 1.75. The number of carbonyl (C=O) groups excluding carboxylic acids is 1. The molecule has 1 aromatic rings. The maximum absolute atomic E-state index is 11.5. The van der Waals surface area contributed by atoms with Crippen LogP contribution in [0, 0.1) is 16.0 Å². The van der Waals surface area contributed by atoms with E-state index >= 15 is 0 Å². The van der Waals surface area contributed by atoms with Crippen LogP contribution < -0.4 is 5.32 Å². The molecule has 0 aromatic heterocycles. The van der Waals surface area contributed by atoms with Crippen molar-refractivity contribution < 1.29 is 9.72 Å². The number of nitrogens with one attached hydrogen (secondary N) is 1. The molecule has 0 saturated carbocycles. The zero-order chi connectivity index (χ0) is 12.4. The molecule has 1 aliphatic rings. The van der Waals surface area contributed by atoms with Crippen molar-refractivity contribution in [2.24, 2.45) is 5.92 Å². The van der Waals surface area contributed by atoms with E-state index in [9.17, 15) is 14.9 Å². The molecule has 1 aliphatic heterocycles. The summed E-state index contributed by atoms with van der Waals surface area (Å²) in [6, 6.07) is 7.81. The van der Waals surface area contributed by atoms with Crippen LogP contribution >= 0.6 is 0 Å². The Hall–Kier alpha value is -1.91. The van der Waals surface area contributed by atoms with Crippen molar-refractivity contribution in [2.45, 2.75) is 25.4 Å². The fourth-order valence-electron chi connectivity index (χ4n) is 2.33. The zero-order valence-electron chi connectivity index (χ0n) is 9.50. The summed E-state index contributed by atoms with van der Waals surface area (Å²) < 4.78 is 0. The van der Waals surface area contributed by atoms with Crippen molar-refractivity contribution in [2.75, 3.05) is 0 Å². The van der Waals surface area contributed by atoms with Crippen LogP contribution in [0.1, 0.15) is 24.9 Å². The van der Waals surface area contributed by atoms with Gasteiger partial charge in [-0.2, -0.15) is 0 Å². The molecule has 1 saturated heterocycles. The van der Waals surface area contributed by atoms with Gasteiger partial charge in [0, 0.05) is 17.3 Å². The number of carbonyl (C=O) groups is 1. The van der Waals surface area contributed by atoms with Crippen molar-refractivity contribution in [1.29, 1.82) is 0 Å².